The molecule has 0 spiro atoms. The lowest BCUT2D eigenvalue weighted by Crippen LogP contribution is -2.30. The summed E-state index contributed by atoms with van der Waals surface area (Å²) in [5.74, 6) is 1.12. The average molecular weight is 261 g/mol. The van der Waals surface area contributed by atoms with E-state index in [1.807, 2.05) is 0 Å². The Bertz CT molecular complexity index is 481. The maximum atomic E-state index is 11.1. The number of hydrogen-bond acceptors (Lipinski definition) is 4. The molecule has 2 fully saturated rings. The summed E-state index contributed by atoms with van der Waals surface area (Å²) < 4.78 is 0. The Morgan fingerprint density at radius 2 is 1.89 bits per heavy atom. The first-order valence-corrected chi connectivity index (χ1v) is 6.88. The van der Waals surface area contributed by atoms with Crippen molar-refractivity contribution in [2.75, 3.05) is 23.7 Å². The van der Waals surface area contributed by atoms with Crippen LogP contribution in [0.25, 0.3) is 0 Å². The molecule has 0 aromatic carbocycles. The van der Waals surface area contributed by atoms with Crippen molar-refractivity contribution in [1.29, 1.82) is 0 Å². The van der Waals surface area contributed by atoms with E-state index in [4.69, 9.17) is 10.8 Å². The fourth-order valence-electron chi connectivity index (χ4n) is 2.37. The van der Waals surface area contributed by atoms with Gasteiger partial charge in [-0.25, -0.2) is 9.78 Å². The Kier molecular flexibility index (Phi) is 3.05. The normalized spacial score (nSPS) is 18.3. The summed E-state index contributed by atoms with van der Waals surface area (Å²) in [7, 11) is 0. The highest BCUT2D eigenvalue weighted by molar-refractivity contribution is 5.96. The summed E-state index contributed by atoms with van der Waals surface area (Å²) in [6.07, 6.45) is 6.60. The van der Waals surface area contributed by atoms with Crippen molar-refractivity contribution in [3.05, 3.63) is 17.8 Å². The van der Waals surface area contributed by atoms with Crippen molar-refractivity contribution in [2.24, 2.45) is 11.8 Å². The molecule has 3 N–H and O–H groups in total. The van der Waals surface area contributed by atoms with Crippen LogP contribution in [0.4, 0.5) is 11.5 Å². The highest BCUT2D eigenvalue weighted by atomic mass is 16.4. The predicted molar refractivity (Wildman–Crippen MR) is 73.3 cm³/mol. The highest BCUT2D eigenvalue weighted by Gasteiger charge is 2.31. The van der Waals surface area contributed by atoms with Gasteiger partial charge in [0.05, 0.1) is 11.3 Å². The van der Waals surface area contributed by atoms with Crippen LogP contribution in [-0.4, -0.2) is 29.1 Å². The lowest BCUT2D eigenvalue weighted by Gasteiger charge is -2.25. The summed E-state index contributed by atoms with van der Waals surface area (Å²) in [5, 5.41) is 9.13. The first kappa shape index (κ1) is 12.3. The minimum atomic E-state index is -0.987. The first-order valence-electron chi connectivity index (χ1n) is 6.88. The molecule has 0 amide bonds. The Hall–Kier alpha value is -1.78. The number of pyridine rings is 1. The number of carbonyl (C=O) groups is 1. The van der Waals surface area contributed by atoms with Crippen molar-refractivity contribution in [2.45, 2.75) is 25.7 Å². The third-order valence-electron chi connectivity index (χ3n) is 3.85. The van der Waals surface area contributed by atoms with Crippen LogP contribution in [0, 0.1) is 11.8 Å². The largest absolute Gasteiger partial charge is 0.478 e. The van der Waals surface area contributed by atoms with Crippen LogP contribution < -0.4 is 10.6 Å². The van der Waals surface area contributed by atoms with Crippen molar-refractivity contribution in [1.82, 2.24) is 4.98 Å². The summed E-state index contributed by atoms with van der Waals surface area (Å²) in [5.41, 5.74) is 6.45. The van der Waals surface area contributed by atoms with Gasteiger partial charge in [0.1, 0.15) is 0 Å². The van der Waals surface area contributed by atoms with Gasteiger partial charge in [0.15, 0.2) is 5.82 Å². The molecular formula is C14H19N3O2. The zero-order valence-corrected chi connectivity index (χ0v) is 10.9. The van der Waals surface area contributed by atoms with Crippen LogP contribution >= 0.6 is 0 Å². The van der Waals surface area contributed by atoms with Gasteiger partial charge < -0.3 is 15.7 Å². The van der Waals surface area contributed by atoms with Crippen LogP contribution in [-0.2, 0) is 0 Å². The second-order valence-corrected chi connectivity index (χ2v) is 5.69. The van der Waals surface area contributed by atoms with Gasteiger partial charge in [-0.1, -0.05) is 0 Å². The van der Waals surface area contributed by atoms with E-state index in [9.17, 15) is 4.79 Å². The molecule has 1 aromatic heterocycles. The van der Waals surface area contributed by atoms with Gasteiger partial charge in [-0.3, -0.25) is 0 Å². The zero-order valence-electron chi connectivity index (χ0n) is 10.9. The van der Waals surface area contributed by atoms with Gasteiger partial charge in [0.25, 0.3) is 0 Å². The summed E-state index contributed by atoms with van der Waals surface area (Å²) in [6.45, 7) is 1.91. The van der Waals surface area contributed by atoms with Crippen molar-refractivity contribution in [3.63, 3.8) is 0 Å². The first-order chi connectivity index (χ1) is 9.15. The zero-order chi connectivity index (χ0) is 13.4. The number of aromatic carboxylic acids is 1. The molecule has 3 rings (SSSR count). The van der Waals surface area contributed by atoms with E-state index in [-0.39, 0.29) is 5.56 Å². The lowest BCUT2D eigenvalue weighted by atomic mass is 10.2. The Balaban J connectivity index is 1.86. The molecule has 0 aliphatic heterocycles. The van der Waals surface area contributed by atoms with Gasteiger partial charge >= 0.3 is 5.97 Å². The Morgan fingerprint density at radius 3 is 2.37 bits per heavy atom. The highest BCUT2D eigenvalue weighted by Crippen LogP contribution is 2.37. The monoisotopic (exact) mass is 261 g/mol. The number of carboxylic acid groups (broad SMARTS) is 1. The third-order valence-corrected chi connectivity index (χ3v) is 3.85. The molecule has 0 saturated heterocycles. The Labute approximate surface area is 112 Å². The second kappa shape index (κ2) is 4.72. The molecule has 0 radical (unpaired) electrons. The van der Waals surface area contributed by atoms with Gasteiger partial charge in [-0.2, -0.15) is 0 Å². The topological polar surface area (TPSA) is 79.5 Å². The fourth-order valence-corrected chi connectivity index (χ4v) is 2.37. The van der Waals surface area contributed by atoms with Crippen LogP contribution in [0.15, 0.2) is 12.3 Å². The van der Waals surface area contributed by atoms with Crippen LogP contribution in [0.1, 0.15) is 36.0 Å². The van der Waals surface area contributed by atoms with E-state index in [1.54, 1.807) is 6.20 Å². The van der Waals surface area contributed by atoms with Crippen molar-refractivity contribution < 1.29 is 9.90 Å². The van der Waals surface area contributed by atoms with Crippen LogP contribution in [0.5, 0.6) is 0 Å². The van der Waals surface area contributed by atoms with E-state index >= 15 is 0 Å². The van der Waals surface area contributed by atoms with E-state index in [0.717, 1.165) is 24.9 Å². The number of rotatable bonds is 6. The maximum absolute atomic E-state index is 11.1. The number of carboxylic acids is 1. The minimum absolute atomic E-state index is 0.154. The summed E-state index contributed by atoms with van der Waals surface area (Å²) >= 11 is 0. The van der Waals surface area contributed by atoms with Crippen LogP contribution in [0.3, 0.4) is 0 Å². The number of hydrogen-bond donors (Lipinski definition) is 2. The molecule has 2 aliphatic rings. The van der Waals surface area contributed by atoms with E-state index in [1.165, 1.54) is 31.7 Å². The SMILES string of the molecule is Nc1c(C(=O)O)ccnc1N(CC1CC1)CC1CC1. The average Bonchev–Trinajstić information content (AvgIpc) is 3.23. The minimum Gasteiger partial charge on any atom is -0.478 e. The summed E-state index contributed by atoms with van der Waals surface area (Å²) in [4.78, 5) is 17.7. The third kappa shape index (κ3) is 2.80. The van der Waals surface area contributed by atoms with Gasteiger partial charge in [0, 0.05) is 19.3 Å². The molecule has 2 saturated carbocycles. The fraction of sp³-hybridized carbons (Fsp3) is 0.571. The Morgan fingerprint density at radius 1 is 1.32 bits per heavy atom. The number of anilines is 2. The number of nitrogens with two attached hydrogens (primary N) is 1. The maximum Gasteiger partial charge on any atom is 0.337 e. The van der Waals surface area contributed by atoms with Gasteiger partial charge in [0.2, 0.25) is 0 Å². The van der Waals surface area contributed by atoms with Crippen molar-refractivity contribution >= 4 is 17.5 Å². The molecule has 5 heteroatoms. The quantitative estimate of drug-likeness (QED) is 0.818. The second-order valence-electron chi connectivity index (χ2n) is 5.69. The van der Waals surface area contributed by atoms with E-state index < -0.39 is 5.97 Å². The van der Waals surface area contributed by atoms with E-state index in [0.29, 0.717) is 11.5 Å². The molecular weight excluding hydrogens is 242 g/mol. The smallest absolute Gasteiger partial charge is 0.337 e. The molecule has 0 bridgehead atoms. The molecule has 2 aliphatic carbocycles. The van der Waals surface area contributed by atoms with Crippen LogP contribution in [0.2, 0.25) is 0 Å². The number of nitrogens with zero attached hydrogens (tertiary/aromatic N) is 2. The predicted octanol–water partition coefficient (Wildman–Crippen LogP) is 1.99. The summed E-state index contributed by atoms with van der Waals surface area (Å²) in [6, 6.07) is 1.47. The van der Waals surface area contributed by atoms with Crippen molar-refractivity contribution in [3.8, 4) is 0 Å². The molecule has 1 aromatic rings. The van der Waals surface area contributed by atoms with E-state index in [2.05, 4.69) is 9.88 Å². The van der Waals surface area contributed by atoms with Gasteiger partial charge in [-0.15, -0.1) is 0 Å². The number of nitrogen functional groups attached to an aromatic ring is 1. The molecule has 19 heavy (non-hydrogen) atoms. The van der Waals surface area contributed by atoms with Gasteiger partial charge in [-0.05, 0) is 43.6 Å². The molecule has 102 valence electrons. The lowest BCUT2D eigenvalue weighted by molar-refractivity contribution is 0.0698. The number of aromatic nitrogens is 1. The standard InChI is InChI=1S/C14H19N3O2/c15-12-11(14(18)19)5-6-16-13(12)17(7-9-1-2-9)8-10-3-4-10/h5-6,9-10H,1-4,7-8,15H2,(H,18,19). The molecule has 0 atom stereocenters. The molecule has 0 unspecified atom stereocenters. The molecule has 1 heterocycles. The molecule has 5 nitrogen and oxygen atoms in total.